The van der Waals surface area contributed by atoms with Gasteiger partial charge < -0.3 is 10.2 Å². The lowest BCUT2D eigenvalue weighted by Crippen LogP contribution is -2.21. The second-order valence-corrected chi connectivity index (χ2v) is 7.61. The number of benzene rings is 3. The molecule has 1 unspecified atom stereocenters. The van der Waals surface area contributed by atoms with Crippen LogP contribution < -0.4 is 0 Å². The van der Waals surface area contributed by atoms with Crippen molar-refractivity contribution < 1.29 is 10.2 Å². The molecule has 0 saturated carbocycles. The third kappa shape index (κ3) is 2.48. The summed E-state index contributed by atoms with van der Waals surface area (Å²) in [5.74, 6) is 0.223. The van der Waals surface area contributed by atoms with E-state index in [0.29, 0.717) is 17.5 Å². The van der Waals surface area contributed by atoms with E-state index in [0.717, 1.165) is 21.9 Å². The maximum Gasteiger partial charge on any atom is 0.134 e. The molecule has 3 aromatic rings. The van der Waals surface area contributed by atoms with Gasteiger partial charge in [0.15, 0.2) is 0 Å². The molecule has 0 heterocycles. The van der Waals surface area contributed by atoms with E-state index in [2.05, 4.69) is 22.0 Å². The molecule has 0 radical (unpaired) electrons. The molecule has 122 valence electrons. The van der Waals surface area contributed by atoms with Crippen molar-refractivity contribution in [3.05, 3.63) is 65.7 Å². The normalized spacial score (nSPS) is 18.7. The quantitative estimate of drug-likeness (QED) is 0.564. The molecule has 0 fully saturated rings. The highest BCUT2D eigenvalue weighted by Crippen LogP contribution is 2.46. The number of nitriles is 1. The molecule has 4 heteroatoms. The minimum absolute atomic E-state index is 0.106. The first-order chi connectivity index (χ1) is 12.0. The number of nitrogens with zero attached hydrogens (tertiary/aromatic N) is 1. The van der Waals surface area contributed by atoms with Crippen molar-refractivity contribution in [1.29, 1.82) is 5.26 Å². The van der Waals surface area contributed by atoms with Crippen molar-refractivity contribution in [2.45, 2.75) is 10.7 Å². The summed E-state index contributed by atoms with van der Waals surface area (Å²) >= 11 is 3.46. The van der Waals surface area contributed by atoms with E-state index in [1.165, 1.54) is 0 Å². The minimum atomic E-state index is -0.741. The topological polar surface area (TPSA) is 64.2 Å². The molecule has 3 aromatic carbocycles. The van der Waals surface area contributed by atoms with Crippen LogP contribution in [-0.4, -0.2) is 14.5 Å². The minimum Gasteiger partial charge on any atom is -0.507 e. The molecule has 4 rings (SSSR count). The van der Waals surface area contributed by atoms with Gasteiger partial charge in [-0.05, 0) is 34.0 Å². The van der Waals surface area contributed by atoms with Crippen LogP contribution in [0.1, 0.15) is 11.1 Å². The van der Waals surface area contributed by atoms with Gasteiger partial charge in [-0.25, -0.2) is 0 Å². The highest BCUT2D eigenvalue weighted by Gasteiger charge is 2.30. The van der Waals surface area contributed by atoms with Crippen LogP contribution in [0, 0.1) is 11.3 Å². The number of hydrogen-bond donors (Lipinski definition) is 2. The standard InChI is InChI=1S/C21H14BrNO2/c22-21(12-23)10-9-16-14(11-21)6-8-18(25)20(16)19-15-4-2-1-3-13(15)5-7-17(19)24/h1-10,24-25H,11H2. The number of allylic oxidation sites excluding steroid dienone is 1. The summed E-state index contributed by atoms with van der Waals surface area (Å²) in [5, 5.41) is 32.3. The first-order valence-corrected chi connectivity index (χ1v) is 8.67. The van der Waals surface area contributed by atoms with Crippen molar-refractivity contribution in [1.82, 2.24) is 0 Å². The monoisotopic (exact) mass is 391 g/mol. The molecular weight excluding hydrogens is 378 g/mol. The van der Waals surface area contributed by atoms with Gasteiger partial charge in [0, 0.05) is 17.5 Å². The second-order valence-electron chi connectivity index (χ2n) is 6.20. The Morgan fingerprint density at radius 3 is 2.48 bits per heavy atom. The Balaban J connectivity index is 2.06. The largest absolute Gasteiger partial charge is 0.507 e. The van der Waals surface area contributed by atoms with Gasteiger partial charge in [0.05, 0.1) is 6.07 Å². The van der Waals surface area contributed by atoms with Crippen LogP contribution in [0.2, 0.25) is 0 Å². The lowest BCUT2D eigenvalue weighted by atomic mass is 9.84. The molecular formula is C21H14BrNO2. The Hall–Kier alpha value is -2.77. The van der Waals surface area contributed by atoms with Crippen LogP contribution in [0.25, 0.3) is 28.0 Å². The first kappa shape index (κ1) is 15.7. The smallest absolute Gasteiger partial charge is 0.134 e. The summed E-state index contributed by atoms with van der Waals surface area (Å²) in [7, 11) is 0. The number of rotatable bonds is 1. The summed E-state index contributed by atoms with van der Waals surface area (Å²) in [4.78, 5) is 0. The third-order valence-electron chi connectivity index (χ3n) is 4.62. The maximum atomic E-state index is 10.6. The second kappa shape index (κ2) is 5.65. The van der Waals surface area contributed by atoms with Gasteiger partial charge in [-0.3, -0.25) is 0 Å². The Morgan fingerprint density at radius 1 is 0.960 bits per heavy atom. The van der Waals surface area contributed by atoms with Crippen molar-refractivity contribution in [2.24, 2.45) is 0 Å². The molecule has 0 aliphatic heterocycles. The van der Waals surface area contributed by atoms with E-state index in [1.54, 1.807) is 18.2 Å². The van der Waals surface area contributed by atoms with E-state index in [9.17, 15) is 15.5 Å². The van der Waals surface area contributed by atoms with E-state index < -0.39 is 4.32 Å². The number of aromatic hydroxyl groups is 2. The number of alkyl halides is 1. The lowest BCUT2D eigenvalue weighted by molar-refractivity contribution is 0.469. The van der Waals surface area contributed by atoms with Gasteiger partial charge in [-0.1, -0.05) is 64.5 Å². The third-order valence-corrected chi connectivity index (χ3v) is 5.34. The average Bonchev–Trinajstić information content (AvgIpc) is 2.63. The number of fused-ring (bicyclic) bond motifs is 2. The van der Waals surface area contributed by atoms with Crippen LogP contribution in [0.5, 0.6) is 11.5 Å². The summed E-state index contributed by atoms with van der Waals surface area (Å²) in [6.45, 7) is 0. The molecule has 25 heavy (non-hydrogen) atoms. The van der Waals surface area contributed by atoms with Gasteiger partial charge in [-0.2, -0.15) is 5.26 Å². The number of hydrogen-bond acceptors (Lipinski definition) is 3. The molecule has 0 spiro atoms. The van der Waals surface area contributed by atoms with Gasteiger partial charge in [0.2, 0.25) is 0 Å². The van der Waals surface area contributed by atoms with E-state index in [1.807, 2.05) is 42.5 Å². The SMILES string of the molecule is N#CC1(Br)C=Cc2c(ccc(O)c2-c2c(O)ccc3ccccc23)C1. The fourth-order valence-corrected chi connectivity index (χ4v) is 3.84. The Morgan fingerprint density at radius 2 is 1.68 bits per heavy atom. The molecule has 1 aliphatic rings. The summed E-state index contributed by atoms with van der Waals surface area (Å²) in [6.07, 6.45) is 4.13. The van der Waals surface area contributed by atoms with Crippen LogP contribution >= 0.6 is 15.9 Å². The number of phenolic OH excluding ortho intramolecular Hbond substituents is 2. The lowest BCUT2D eigenvalue weighted by Gasteiger charge is -2.24. The van der Waals surface area contributed by atoms with E-state index in [-0.39, 0.29) is 11.5 Å². The average molecular weight is 392 g/mol. The summed E-state index contributed by atoms with van der Waals surface area (Å²) in [5.41, 5.74) is 2.98. The zero-order chi connectivity index (χ0) is 17.6. The molecule has 0 saturated heterocycles. The fraction of sp³-hybridized carbons (Fsp3) is 0.0952. The van der Waals surface area contributed by atoms with E-state index in [4.69, 9.17) is 0 Å². The van der Waals surface area contributed by atoms with Crippen molar-refractivity contribution in [3.8, 4) is 28.7 Å². The molecule has 0 amide bonds. The molecule has 1 atom stereocenters. The van der Waals surface area contributed by atoms with Crippen LogP contribution in [0.4, 0.5) is 0 Å². The Labute approximate surface area is 153 Å². The summed E-state index contributed by atoms with van der Waals surface area (Å²) < 4.78 is -0.741. The predicted octanol–water partition coefficient (Wildman–Crippen LogP) is 5.14. The molecule has 0 aromatic heterocycles. The van der Waals surface area contributed by atoms with Crippen LogP contribution in [-0.2, 0) is 6.42 Å². The maximum absolute atomic E-state index is 10.6. The molecule has 2 N–H and O–H groups in total. The van der Waals surface area contributed by atoms with Crippen molar-refractivity contribution in [2.75, 3.05) is 0 Å². The number of halogens is 1. The van der Waals surface area contributed by atoms with E-state index >= 15 is 0 Å². The van der Waals surface area contributed by atoms with Crippen LogP contribution in [0.15, 0.2) is 54.6 Å². The molecule has 3 nitrogen and oxygen atoms in total. The highest BCUT2D eigenvalue weighted by molar-refractivity contribution is 9.10. The van der Waals surface area contributed by atoms with Crippen molar-refractivity contribution in [3.63, 3.8) is 0 Å². The zero-order valence-electron chi connectivity index (χ0n) is 13.2. The predicted molar refractivity (Wildman–Crippen MR) is 103 cm³/mol. The summed E-state index contributed by atoms with van der Waals surface area (Å²) in [6, 6.07) is 17.0. The highest BCUT2D eigenvalue weighted by atomic mass is 79.9. The number of phenols is 2. The first-order valence-electron chi connectivity index (χ1n) is 7.88. The van der Waals surface area contributed by atoms with Crippen LogP contribution in [0.3, 0.4) is 0 Å². The van der Waals surface area contributed by atoms with Gasteiger partial charge in [-0.15, -0.1) is 0 Å². The van der Waals surface area contributed by atoms with Crippen molar-refractivity contribution >= 4 is 32.8 Å². The Bertz CT molecular complexity index is 1080. The zero-order valence-corrected chi connectivity index (χ0v) is 14.8. The van der Waals surface area contributed by atoms with Gasteiger partial charge >= 0.3 is 0 Å². The Kier molecular flexibility index (Phi) is 3.55. The molecule has 0 bridgehead atoms. The fourth-order valence-electron chi connectivity index (χ4n) is 3.41. The molecule has 1 aliphatic carbocycles. The van der Waals surface area contributed by atoms with Gasteiger partial charge in [0.1, 0.15) is 15.8 Å². The van der Waals surface area contributed by atoms with Gasteiger partial charge in [0.25, 0.3) is 0 Å².